The van der Waals surface area contributed by atoms with Gasteiger partial charge in [0.15, 0.2) is 0 Å². The van der Waals surface area contributed by atoms with Gasteiger partial charge in [0.2, 0.25) is 0 Å². The Kier molecular flexibility index (Phi) is 7.98. The average molecular weight is 1030 g/mol. The number of aromatic nitrogens is 4. The molecular formula is C59H44N4OPt-2. The van der Waals surface area contributed by atoms with Gasteiger partial charge in [0.25, 0.3) is 6.33 Å². The summed E-state index contributed by atoms with van der Waals surface area (Å²) in [5, 5.41) is 1.83. The summed E-state index contributed by atoms with van der Waals surface area (Å²) in [6.07, 6.45) is 3.40. The van der Waals surface area contributed by atoms with Crippen LogP contribution in [-0.4, -0.2) is 14.1 Å². The first-order chi connectivity index (χ1) is 36.3. The molecule has 318 valence electrons. The van der Waals surface area contributed by atoms with E-state index in [1.807, 2.05) is 110 Å². The van der Waals surface area contributed by atoms with Gasteiger partial charge >= 0.3 is 0 Å². The molecule has 3 heterocycles. The summed E-state index contributed by atoms with van der Waals surface area (Å²) >= 11 is 0. The molecule has 5 nitrogen and oxygen atoms in total. The zero-order chi connectivity index (χ0) is 53.7. The fourth-order valence-electron chi connectivity index (χ4n) is 8.19. The van der Waals surface area contributed by atoms with Gasteiger partial charge in [0.05, 0.1) is 30.4 Å². The van der Waals surface area contributed by atoms with Crippen LogP contribution in [0.5, 0.6) is 11.5 Å². The van der Waals surface area contributed by atoms with E-state index in [9.17, 15) is 0 Å². The van der Waals surface area contributed by atoms with Gasteiger partial charge in [-0.25, -0.2) is 4.98 Å². The van der Waals surface area contributed by atoms with Gasteiger partial charge in [-0.2, -0.15) is 18.2 Å². The van der Waals surface area contributed by atoms with Crippen LogP contribution in [-0.2, 0) is 27.4 Å². The van der Waals surface area contributed by atoms with Gasteiger partial charge in [-0.15, -0.1) is 29.7 Å². The van der Waals surface area contributed by atoms with Gasteiger partial charge in [-0.3, -0.25) is 4.57 Å². The molecule has 0 amide bonds. The third-order valence-electron chi connectivity index (χ3n) is 10.8. The number of hydrogen-bond acceptors (Lipinski definition) is 2. The number of nitrogens with zero attached hydrogens (tertiary/aromatic N) is 4. The zero-order valence-corrected chi connectivity index (χ0v) is 37.6. The van der Waals surface area contributed by atoms with Crippen molar-refractivity contribution in [3.63, 3.8) is 0 Å². The third-order valence-corrected chi connectivity index (χ3v) is 10.8. The number of hydrogen-bond donors (Lipinski definition) is 0. The molecule has 6 heteroatoms. The van der Waals surface area contributed by atoms with E-state index in [2.05, 4.69) is 18.5 Å². The molecule has 8 aromatic carbocycles. The number of fused-ring (bicyclic) bond motifs is 4. The summed E-state index contributed by atoms with van der Waals surface area (Å²) < 4.78 is 118. The largest absolute Gasteiger partial charge is 0.510 e. The molecule has 0 atom stereocenters. The van der Waals surface area contributed by atoms with Gasteiger partial charge in [-0.1, -0.05) is 166 Å². The second-order valence-electron chi connectivity index (χ2n) is 16.3. The minimum absolute atomic E-state index is 0. The number of pyridine rings is 1. The molecule has 11 aromatic rings. The van der Waals surface area contributed by atoms with Gasteiger partial charge in [0, 0.05) is 47.0 Å². The first kappa shape index (κ1) is 29.9. The van der Waals surface area contributed by atoms with Crippen LogP contribution in [0.3, 0.4) is 0 Å². The third kappa shape index (κ3) is 8.09. The molecule has 0 aliphatic heterocycles. The Labute approximate surface area is 411 Å². The van der Waals surface area contributed by atoms with E-state index in [1.54, 1.807) is 63.9 Å². The molecule has 3 aromatic heterocycles. The van der Waals surface area contributed by atoms with Crippen LogP contribution < -0.4 is 9.30 Å². The Balaban J connectivity index is 0.00000672. The van der Waals surface area contributed by atoms with Crippen molar-refractivity contribution in [2.75, 3.05) is 0 Å². The molecule has 65 heavy (non-hydrogen) atoms. The molecule has 0 aliphatic carbocycles. The van der Waals surface area contributed by atoms with E-state index in [0.717, 1.165) is 27.4 Å². The molecule has 0 unspecified atom stereocenters. The van der Waals surface area contributed by atoms with Crippen molar-refractivity contribution < 1.29 is 46.8 Å². The molecule has 0 bridgehead atoms. The molecule has 0 saturated heterocycles. The van der Waals surface area contributed by atoms with Crippen LogP contribution in [0.15, 0.2) is 200 Å². The molecule has 0 aliphatic rings. The molecule has 0 N–H and O–H groups in total. The number of ether oxygens (including phenoxy) is 1. The predicted molar refractivity (Wildman–Crippen MR) is 259 cm³/mol. The van der Waals surface area contributed by atoms with Crippen LogP contribution in [0.2, 0.25) is 0 Å². The zero-order valence-electron chi connectivity index (χ0n) is 47.3. The number of benzene rings is 8. The SMILES string of the molecule is [2H]c1c([2H])c([2H])c(-c2cccc(-c3c([2H])c([2H])c([2H])c([2H])c3[2H])c2-[n+]2[c-]n(-c3[c-]c(Oc4[c-]c5c(cc4)c4ccccc4n5-c4cc(C([2H])([2H])C(C)(C)C)ccn4)ccc3)c3cc(-c4ccccc4)ccc32)c([2H])c1[2H].[Pt]. The van der Waals surface area contributed by atoms with Crippen molar-refractivity contribution in [2.45, 2.75) is 27.1 Å². The molecule has 0 spiro atoms. The summed E-state index contributed by atoms with van der Waals surface area (Å²) in [5.74, 6) is 1.17. The maximum Gasteiger partial charge on any atom is 0.268 e. The molecule has 0 radical (unpaired) electrons. The van der Waals surface area contributed by atoms with E-state index in [4.69, 9.17) is 26.2 Å². The minimum Gasteiger partial charge on any atom is -0.510 e. The van der Waals surface area contributed by atoms with E-state index >= 15 is 0 Å². The van der Waals surface area contributed by atoms with E-state index in [1.165, 1.54) is 0 Å². The van der Waals surface area contributed by atoms with Crippen LogP contribution in [0, 0.1) is 23.9 Å². The van der Waals surface area contributed by atoms with Crippen molar-refractivity contribution in [3.8, 4) is 62.1 Å². The fourth-order valence-corrected chi connectivity index (χ4v) is 8.19. The average Bonchev–Trinajstić information content (AvgIpc) is 4.13. The Morgan fingerprint density at radius 3 is 2.06 bits per heavy atom. The minimum atomic E-state index is -1.67. The van der Waals surface area contributed by atoms with Crippen molar-refractivity contribution in [3.05, 3.63) is 224 Å². The topological polar surface area (TPSA) is 35.9 Å². The smallest absolute Gasteiger partial charge is 0.268 e. The quantitative estimate of drug-likeness (QED) is 0.107. The summed E-state index contributed by atoms with van der Waals surface area (Å²) in [7, 11) is 0. The van der Waals surface area contributed by atoms with Crippen LogP contribution in [0.1, 0.15) is 42.8 Å². The van der Waals surface area contributed by atoms with Crippen LogP contribution in [0.4, 0.5) is 0 Å². The van der Waals surface area contributed by atoms with E-state index in [0.29, 0.717) is 45.1 Å². The normalized spacial score (nSPS) is 14.4. The Morgan fingerprint density at radius 2 is 1.32 bits per heavy atom. The summed E-state index contributed by atoms with van der Waals surface area (Å²) in [5.41, 5.74) is 4.58. The van der Waals surface area contributed by atoms with Crippen molar-refractivity contribution in [1.29, 1.82) is 0 Å². The van der Waals surface area contributed by atoms with Crippen LogP contribution >= 0.6 is 0 Å². The Hall–Kier alpha value is -7.33. The second-order valence-corrected chi connectivity index (χ2v) is 16.3. The second kappa shape index (κ2) is 17.3. The number of para-hydroxylation sites is 2. The van der Waals surface area contributed by atoms with Crippen molar-refractivity contribution in [2.24, 2.45) is 5.41 Å². The van der Waals surface area contributed by atoms with Crippen LogP contribution in [0.25, 0.3) is 83.4 Å². The maximum atomic E-state index is 9.11. The Morgan fingerprint density at radius 1 is 0.631 bits per heavy atom. The van der Waals surface area contributed by atoms with E-state index < -0.39 is 72.2 Å². The summed E-state index contributed by atoms with van der Waals surface area (Å²) in [6.45, 7) is 5.60. The Bertz CT molecular complexity index is 4050. The van der Waals surface area contributed by atoms with Gasteiger partial charge in [0.1, 0.15) is 5.82 Å². The van der Waals surface area contributed by atoms with Gasteiger partial charge < -0.3 is 13.9 Å². The molecule has 0 fully saturated rings. The predicted octanol–water partition coefficient (Wildman–Crippen LogP) is 14.2. The van der Waals surface area contributed by atoms with Crippen molar-refractivity contribution >= 4 is 32.8 Å². The van der Waals surface area contributed by atoms with Gasteiger partial charge in [-0.05, 0) is 86.1 Å². The maximum absolute atomic E-state index is 9.11. The summed E-state index contributed by atoms with van der Waals surface area (Å²) in [6, 6.07) is 42.0. The van der Waals surface area contributed by atoms with E-state index in [-0.39, 0.29) is 49.0 Å². The molecular weight excluding hydrogens is 976 g/mol. The first-order valence-electron chi connectivity index (χ1n) is 26.7. The first-order valence-corrected chi connectivity index (χ1v) is 20.7. The molecule has 11 rings (SSSR count). The molecule has 0 saturated carbocycles. The number of imidazole rings is 1. The summed E-state index contributed by atoms with van der Waals surface area (Å²) in [4.78, 5) is 4.73. The fraction of sp³-hybridized carbons (Fsp3) is 0.0847. The van der Waals surface area contributed by atoms with Crippen molar-refractivity contribution in [1.82, 2.24) is 14.1 Å². The monoisotopic (exact) mass is 1030 g/mol. The standard InChI is InChI=1S/C59H44N4O.Pt/c1-59(2,3)39-41-33-34-60-57(35-41)63-53-28-14-13-25-51(53)52-31-30-48(38-55(52)63)64-47-24-15-23-46(37-47)61-40-62(54-32-29-45(36-56(54)61)42-17-7-4-8-18-42)58-49(43-19-9-5-10-20-43)26-16-27-50(58)44-21-11-6-12-22-44;/h4-36H,39H2,1-3H3;/q-2;/i5D,6D,9D,10D,11D,12D,19D,20D,21D,22D,39D2;. The number of rotatable bonds is 9.